The van der Waals surface area contributed by atoms with Gasteiger partial charge in [-0.3, -0.25) is 4.79 Å². The number of anilines is 1. The summed E-state index contributed by atoms with van der Waals surface area (Å²) >= 11 is 0. The van der Waals surface area contributed by atoms with E-state index < -0.39 is 11.2 Å². The number of hydrogen-bond donors (Lipinski definition) is 1. The lowest BCUT2D eigenvalue weighted by Crippen LogP contribution is -2.15. The molecule has 2 heterocycles. The minimum absolute atomic E-state index is 0.00743. The highest BCUT2D eigenvalue weighted by Gasteiger charge is 2.16. The maximum Gasteiger partial charge on any atom is 0.345 e. The molecule has 1 N–H and O–H groups in total. The smallest absolute Gasteiger partial charge is 0.345 e. The molecule has 0 saturated heterocycles. The molecule has 0 atom stereocenters. The summed E-state index contributed by atoms with van der Waals surface area (Å²) in [5.74, 6) is 0. The number of pyridine rings is 1. The van der Waals surface area contributed by atoms with E-state index in [4.69, 9.17) is 4.42 Å². The van der Waals surface area contributed by atoms with E-state index >= 15 is 0 Å². The lowest BCUT2D eigenvalue weighted by Gasteiger charge is -2.13. The molecule has 0 unspecified atom stereocenters. The Morgan fingerprint density at radius 1 is 0.879 bits per heavy atom. The van der Waals surface area contributed by atoms with Gasteiger partial charge in [-0.15, -0.1) is 0 Å². The molecule has 0 saturated carbocycles. The third-order valence-corrected chi connectivity index (χ3v) is 5.77. The first-order chi connectivity index (χ1) is 16.0. The summed E-state index contributed by atoms with van der Waals surface area (Å²) in [6, 6.07) is 24.4. The Labute approximate surface area is 189 Å². The van der Waals surface area contributed by atoms with Crippen molar-refractivity contribution in [2.24, 2.45) is 0 Å². The van der Waals surface area contributed by atoms with Crippen molar-refractivity contribution < 1.29 is 4.42 Å². The average Bonchev–Trinajstić information content (AvgIpc) is 2.83. The van der Waals surface area contributed by atoms with E-state index in [0.29, 0.717) is 22.4 Å². The molecular weight excluding hydrogens is 414 g/mol. The minimum Gasteiger partial charge on any atom is -0.422 e. The van der Waals surface area contributed by atoms with Crippen molar-refractivity contribution in [2.45, 2.75) is 0 Å². The molecule has 5 aromatic rings. The second-order valence-electron chi connectivity index (χ2n) is 8.00. The Bertz CT molecular complexity index is 1690. The van der Waals surface area contributed by atoms with Crippen LogP contribution in [0.5, 0.6) is 0 Å². The summed E-state index contributed by atoms with van der Waals surface area (Å²) in [5, 5.41) is 12.3. The van der Waals surface area contributed by atoms with Gasteiger partial charge in [-0.25, -0.2) is 4.79 Å². The van der Waals surface area contributed by atoms with Gasteiger partial charge in [0.25, 0.3) is 5.56 Å². The van der Waals surface area contributed by atoms with Crippen LogP contribution in [0.25, 0.3) is 44.1 Å². The summed E-state index contributed by atoms with van der Waals surface area (Å²) < 4.78 is 5.59. The molecule has 0 aliphatic carbocycles. The van der Waals surface area contributed by atoms with Gasteiger partial charge in [-0.2, -0.15) is 5.26 Å². The predicted molar refractivity (Wildman–Crippen MR) is 131 cm³/mol. The van der Waals surface area contributed by atoms with Crippen molar-refractivity contribution in [3.8, 4) is 28.5 Å². The quantitative estimate of drug-likeness (QED) is 0.323. The van der Waals surface area contributed by atoms with Crippen LogP contribution in [-0.2, 0) is 0 Å². The predicted octanol–water partition coefficient (Wildman–Crippen LogP) is 4.91. The molecule has 6 heteroatoms. The number of nitrogens with zero attached hydrogens (tertiary/aromatic N) is 2. The molecule has 0 aliphatic heterocycles. The fourth-order valence-electron chi connectivity index (χ4n) is 4.04. The molecule has 0 radical (unpaired) electrons. The summed E-state index contributed by atoms with van der Waals surface area (Å²) in [6.45, 7) is 0. The first-order valence-corrected chi connectivity index (χ1v) is 10.4. The standard InChI is InChI=1S/C27H19N3O3/c1-30(2)18-10-7-17(8-11-18)20-14-24(29-26(31)23(20)15-28)22-13-21-19-6-4-3-5-16(19)9-12-25(21)33-27(22)32/h3-14H,1-2H3,(H,29,31). The molecule has 5 rings (SSSR count). The van der Waals surface area contributed by atoms with Crippen LogP contribution in [0.4, 0.5) is 5.69 Å². The Morgan fingerprint density at radius 3 is 2.36 bits per heavy atom. The Hall–Kier alpha value is -4.63. The fourth-order valence-corrected chi connectivity index (χ4v) is 4.04. The van der Waals surface area contributed by atoms with Crippen LogP contribution in [0.2, 0.25) is 0 Å². The van der Waals surface area contributed by atoms with E-state index in [1.54, 1.807) is 18.2 Å². The molecule has 160 valence electrons. The van der Waals surface area contributed by atoms with Gasteiger partial charge < -0.3 is 14.3 Å². The third kappa shape index (κ3) is 3.46. The van der Waals surface area contributed by atoms with Gasteiger partial charge in [0.05, 0.1) is 11.3 Å². The Kier molecular flexibility index (Phi) is 4.80. The molecule has 0 aliphatic rings. The van der Waals surface area contributed by atoms with Gasteiger partial charge >= 0.3 is 5.63 Å². The minimum atomic E-state index is -0.563. The van der Waals surface area contributed by atoms with Crippen molar-refractivity contribution in [1.82, 2.24) is 4.98 Å². The number of fused-ring (bicyclic) bond motifs is 3. The Balaban J connectivity index is 1.75. The molecule has 0 fully saturated rings. The SMILES string of the molecule is CN(C)c1ccc(-c2cc(-c3cc4c(ccc5ccccc54)oc3=O)[nH]c(=O)c2C#N)cc1. The third-order valence-electron chi connectivity index (χ3n) is 5.77. The largest absolute Gasteiger partial charge is 0.422 e. The molecule has 3 aromatic carbocycles. The zero-order valence-electron chi connectivity index (χ0n) is 18.0. The van der Waals surface area contributed by atoms with Crippen LogP contribution < -0.4 is 16.1 Å². The molecule has 2 aromatic heterocycles. The van der Waals surface area contributed by atoms with Gasteiger partial charge in [0, 0.05) is 30.7 Å². The van der Waals surface area contributed by atoms with E-state index in [-0.39, 0.29) is 11.1 Å². The first kappa shape index (κ1) is 20.3. The summed E-state index contributed by atoms with van der Waals surface area (Å²) in [5.41, 5.74) is 2.03. The molecule has 0 bridgehead atoms. The van der Waals surface area contributed by atoms with E-state index in [9.17, 15) is 14.9 Å². The normalized spacial score (nSPS) is 10.9. The zero-order valence-corrected chi connectivity index (χ0v) is 18.0. The van der Waals surface area contributed by atoms with Gasteiger partial charge in [0.15, 0.2) is 0 Å². The molecule has 0 spiro atoms. The highest BCUT2D eigenvalue weighted by Crippen LogP contribution is 2.30. The number of H-pyrrole nitrogens is 1. The number of aromatic nitrogens is 1. The lowest BCUT2D eigenvalue weighted by atomic mass is 9.98. The topological polar surface area (TPSA) is 90.1 Å². The van der Waals surface area contributed by atoms with Gasteiger partial charge in [-0.1, -0.05) is 42.5 Å². The van der Waals surface area contributed by atoms with Crippen molar-refractivity contribution in [3.05, 3.63) is 99.1 Å². The van der Waals surface area contributed by atoms with Gasteiger partial charge in [-0.05, 0) is 46.7 Å². The number of rotatable bonds is 3. The summed E-state index contributed by atoms with van der Waals surface area (Å²) in [4.78, 5) is 30.3. The maximum absolute atomic E-state index is 12.8. The fraction of sp³-hybridized carbons (Fsp3) is 0.0741. The molecule has 0 amide bonds. The zero-order chi connectivity index (χ0) is 23.1. The van der Waals surface area contributed by atoms with E-state index in [2.05, 4.69) is 4.98 Å². The van der Waals surface area contributed by atoms with Gasteiger partial charge in [0.2, 0.25) is 0 Å². The van der Waals surface area contributed by atoms with E-state index in [0.717, 1.165) is 21.8 Å². The van der Waals surface area contributed by atoms with E-state index in [1.165, 1.54) is 0 Å². The number of aromatic amines is 1. The number of benzene rings is 3. The van der Waals surface area contributed by atoms with Crippen molar-refractivity contribution in [2.75, 3.05) is 19.0 Å². The molecule has 6 nitrogen and oxygen atoms in total. The Morgan fingerprint density at radius 2 is 1.64 bits per heavy atom. The van der Waals surface area contributed by atoms with Crippen molar-refractivity contribution >= 4 is 27.4 Å². The first-order valence-electron chi connectivity index (χ1n) is 10.4. The molecular formula is C27H19N3O3. The van der Waals surface area contributed by atoms with Crippen molar-refractivity contribution in [3.63, 3.8) is 0 Å². The highest BCUT2D eigenvalue weighted by atomic mass is 16.4. The maximum atomic E-state index is 12.8. The van der Waals surface area contributed by atoms with Crippen LogP contribution in [0.1, 0.15) is 5.56 Å². The highest BCUT2D eigenvalue weighted by molar-refractivity contribution is 6.06. The van der Waals surface area contributed by atoms with Crippen molar-refractivity contribution in [1.29, 1.82) is 5.26 Å². The van der Waals surface area contributed by atoms with E-state index in [1.807, 2.05) is 79.7 Å². The second-order valence-corrected chi connectivity index (χ2v) is 8.00. The number of nitrogens with one attached hydrogen (secondary N) is 1. The van der Waals surface area contributed by atoms with Crippen LogP contribution in [-0.4, -0.2) is 19.1 Å². The summed E-state index contributed by atoms with van der Waals surface area (Å²) in [7, 11) is 3.87. The monoisotopic (exact) mass is 433 g/mol. The van der Waals surface area contributed by atoms with Crippen LogP contribution in [0.3, 0.4) is 0 Å². The lowest BCUT2D eigenvalue weighted by molar-refractivity contribution is 0.563. The van der Waals surface area contributed by atoms with Gasteiger partial charge in [0.1, 0.15) is 17.2 Å². The second kappa shape index (κ2) is 7.81. The average molecular weight is 433 g/mol. The van der Waals surface area contributed by atoms with Crippen LogP contribution >= 0.6 is 0 Å². The number of nitriles is 1. The van der Waals surface area contributed by atoms with Crippen LogP contribution in [0.15, 0.2) is 86.8 Å². The molecule has 33 heavy (non-hydrogen) atoms. The number of hydrogen-bond acceptors (Lipinski definition) is 5. The van der Waals surface area contributed by atoms with Crippen LogP contribution in [0, 0.1) is 11.3 Å². The summed E-state index contributed by atoms with van der Waals surface area (Å²) in [6.07, 6.45) is 0.